The molecule has 0 radical (unpaired) electrons. The largest absolute Gasteiger partial charge is 0.497 e. The Morgan fingerprint density at radius 1 is 0.902 bits per heavy atom. The van der Waals surface area contributed by atoms with Gasteiger partial charge in [0.15, 0.2) is 0 Å². The summed E-state index contributed by atoms with van der Waals surface area (Å²) in [6.07, 6.45) is 2.89. The summed E-state index contributed by atoms with van der Waals surface area (Å²) in [5.74, 6) is -1.33. The summed E-state index contributed by atoms with van der Waals surface area (Å²) in [6, 6.07) is 22.4. The van der Waals surface area contributed by atoms with Crippen molar-refractivity contribution in [2.45, 2.75) is 32.2 Å². The molecule has 41 heavy (non-hydrogen) atoms. The van der Waals surface area contributed by atoms with Crippen LogP contribution in [0.3, 0.4) is 0 Å². The van der Waals surface area contributed by atoms with E-state index in [9.17, 15) is 19.2 Å². The summed E-state index contributed by atoms with van der Waals surface area (Å²) in [5, 5.41) is 19.4. The molecule has 0 saturated carbocycles. The number of methoxy groups -OCH3 is 1. The fourth-order valence-corrected chi connectivity index (χ4v) is 2.85. The number of anilines is 1. The molecule has 0 aliphatic carbocycles. The number of nitrogens with two attached hydrogens (primary N) is 3. The fourth-order valence-electron chi connectivity index (χ4n) is 2.85. The van der Waals surface area contributed by atoms with E-state index in [1.165, 1.54) is 31.7 Å². The first-order valence-electron chi connectivity index (χ1n) is 12.7. The second-order valence-corrected chi connectivity index (χ2v) is 8.35. The molecule has 0 aliphatic heterocycles. The molecule has 3 aromatic rings. The smallest absolute Gasteiger partial charge is 0.335 e. The summed E-state index contributed by atoms with van der Waals surface area (Å²) in [6.45, 7) is 2.68. The zero-order chi connectivity index (χ0) is 31.0. The number of aromatic carboxylic acids is 1. The van der Waals surface area contributed by atoms with E-state index in [4.69, 9.17) is 32.2 Å². The third kappa shape index (κ3) is 18.4. The van der Waals surface area contributed by atoms with Crippen LogP contribution in [0.4, 0.5) is 5.69 Å². The lowest BCUT2D eigenvalue weighted by Crippen LogP contribution is -2.30. The first-order chi connectivity index (χ1) is 19.6. The number of carboxylic acid groups (broad SMARTS) is 2. The zero-order valence-electron chi connectivity index (χ0n) is 23.4. The molecular weight excluding hydrogens is 528 g/mol. The molecule has 9 N–H and O–H groups in total. The van der Waals surface area contributed by atoms with Crippen LogP contribution < -0.4 is 27.3 Å². The normalized spacial score (nSPS) is 10.1. The zero-order valence-corrected chi connectivity index (χ0v) is 23.4. The van der Waals surface area contributed by atoms with Crippen LogP contribution in [0.2, 0.25) is 0 Å². The van der Waals surface area contributed by atoms with Crippen LogP contribution >= 0.6 is 0 Å². The van der Waals surface area contributed by atoms with Crippen LogP contribution in [-0.4, -0.2) is 60.6 Å². The van der Waals surface area contributed by atoms with Crippen molar-refractivity contribution in [2.24, 2.45) is 17.2 Å². The second kappa shape index (κ2) is 22.3. The summed E-state index contributed by atoms with van der Waals surface area (Å²) < 4.78 is 4.86. The van der Waals surface area contributed by atoms with Gasteiger partial charge >= 0.3 is 11.9 Å². The number of rotatable bonds is 10. The summed E-state index contributed by atoms with van der Waals surface area (Å²) in [7, 11) is 1.54. The summed E-state index contributed by atoms with van der Waals surface area (Å²) >= 11 is 0. The van der Waals surface area contributed by atoms with E-state index in [-0.39, 0.29) is 11.5 Å². The molecular formula is C30H40N4O7. The molecule has 0 fully saturated rings. The van der Waals surface area contributed by atoms with E-state index in [1.807, 2.05) is 18.2 Å². The van der Waals surface area contributed by atoms with Crippen molar-refractivity contribution in [2.75, 3.05) is 25.5 Å². The molecule has 1 atom stereocenters. The molecule has 0 heterocycles. The minimum atomic E-state index is -0.955. The maximum Gasteiger partial charge on any atom is 0.335 e. The van der Waals surface area contributed by atoms with E-state index >= 15 is 0 Å². The number of nitrogens with one attached hydrogen (secondary N) is 1. The third-order valence-corrected chi connectivity index (χ3v) is 5.02. The van der Waals surface area contributed by atoms with Gasteiger partial charge in [-0.1, -0.05) is 30.3 Å². The van der Waals surface area contributed by atoms with Crippen molar-refractivity contribution in [3.05, 3.63) is 95.6 Å². The average molecular weight is 569 g/mol. The van der Waals surface area contributed by atoms with Gasteiger partial charge < -0.3 is 37.5 Å². The molecule has 0 saturated heterocycles. The van der Waals surface area contributed by atoms with Crippen molar-refractivity contribution in [1.82, 2.24) is 0 Å². The van der Waals surface area contributed by atoms with Gasteiger partial charge in [-0.05, 0) is 86.4 Å². The summed E-state index contributed by atoms with van der Waals surface area (Å²) in [4.78, 5) is 41.2. The first kappa shape index (κ1) is 36.4. The number of carbonyl (C=O) groups excluding carboxylic acids is 2. The maximum atomic E-state index is 10.6. The molecule has 3 aromatic carbocycles. The highest BCUT2D eigenvalue weighted by Crippen LogP contribution is 2.10. The van der Waals surface area contributed by atoms with Gasteiger partial charge in [0.2, 0.25) is 5.91 Å². The van der Waals surface area contributed by atoms with E-state index in [2.05, 4.69) is 17.4 Å². The topological polar surface area (TPSA) is 208 Å². The minimum absolute atomic E-state index is 0.117. The fraction of sp³-hybridized carbons (Fsp3) is 0.267. The van der Waals surface area contributed by atoms with Gasteiger partial charge in [0.1, 0.15) is 18.1 Å². The number of ether oxygens (including phenoxy) is 1. The molecule has 0 aromatic heterocycles. The Balaban J connectivity index is 0.000000525. The third-order valence-electron chi connectivity index (χ3n) is 5.02. The highest BCUT2D eigenvalue weighted by molar-refractivity contribution is 5.89. The minimum Gasteiger partial charge on any atom is -0.497 e. The molecule has 1 amide bonds. The van der Waals surface area contributed by atoms with Gasteiger partial charge in [0.05, 0.1) is 12.7 Å². The van der Waals surface area contributed by atoms with Gasteiger partial charge in [-0.25, -0.2) is 4.79 Å². The standard InChI is InChI=1S/C9H9NO2.C8H11N.C8H8O3.C5H12N2O2/c1-7(12)10-9-4-2-8(6-11)3-5-9;9-7-6-8-4-2-1-3-5-8;1-11-7-4-2-6(3-5-7)8(9)10;6-3-1-2-4(7)5(8)9/h2-6H,1H3,(H,10,12);1-5H,6-7,9H2;2-5H,1H3,(H,9,10);4H,1-3,6-7H2,(H,8,9)/t;;;4-/m...0/s1. The molecule has 222 valence electrons. The van der Waals surface area contributed by atoms with Crippen LogP contribution in [0, 0.1) is 0 Å². The number of amides is 1. The van der Waals surface area contributed by atoms with Crippen molar-refractivity contribution in [1.29, 1.82) is 0 Å². The van der Waals surface area contributed by atoms with E-state index < -0.39 is 18.0 Å². The number of hydrogen-bond acceptors (Lipinski definition) is 8. The number of hydrogen-bond donors (Lipinski definition) is 6. The lowest BCUT2D eigenvalue weighted by Gasteiger charge is -2.02. The number of aliphatic carboxylic acids is 1. The van der Waals surface area contributed by atoms with Crippen molar-refractivity contribution >= 4 is 29.8 Å². The maximum absolute atomic E-state index is 10.6. The Kier molecular flexibility index (Phi) is 19.8. The van der Waals surface area contributed by atoms with Gasteiger partial charge in [-0.15, -0.1) is 0 Å². The van der Waals surface area contributed by atoms with Crippen LogP contribution in [0.5, 0.6) is 5.75 Å². The highest BCUT2D eigenvalue weighted by atomic mass is 16.5. The van der Waals surface area contributed by atoms with Crippen LogP contribution in [0.15, 0.2) is 78.9 Å². The van der Waals surface area contributed by atoms with Crippen molar-refractivity contribution < 1.29 is 34.1 Å². The van der Waals surface area contributed by atoms with Gasteiger partial charge in [-0.2, -0.15) is 0 Å². The van der Waals surface area contributed by atoms with E-state index in [1.54, 1.807) is 36.4 Å². The molecule has 0 aliphatic rings. The monoisotopic (exact) mass is 568 g/mol. The Labute approximate surface area is 240 Å². The Bertz CT molecular complexity index is 1160. The van der Waals surface area contributed by atoms with Crippen molar-refractivity contribution in [3.63, 3.8) is 0 Å². The Hall–Kier alpha value is -4.58. The van der Waals surface area contributed by atoms with Crippen molar-refractivity contribution in [3.8, 4) is 5.75 Å². The molecule has 11 nitrogen and oxygen atoms in total. The second-order valence-electron chi connectivity index (χ2n) is 8.35. The van der Waals surface area contributed by atoms with Gasteiger partial charge in [0.25, 0.3) is 0 Å². The Morgan fingerprint density at radius 2 is 1.49 bits per heavy atom. The van der Waals surface area contributed by atoms with E-state index in [0.29, 0.717) is 36.4 Å². The molecule has 0 spiro atoms. The van der Waals surface area contributed by atoms with Crippen LogP contribution in [0.25, 0.3) is 0 Å². The van der Waals surface area contributed by atoms with Crippen LogP contribution in [0.1, 0.15) is 46.0 Å². The average Bonchev–Trinajstić information content (AvgIpc) is 2.97. The molecule has 3 rings (SSSR count). The predicted octanol–water partition coefficient (Wildman–Crippen LogP) is 3.18. The quantitative estimate of drug-likeness (QED) is 0.197. The lowest BCUT2D eigenvalue weighted by molar-refractivity contribution is -0.138. The number of aldehydes is 1. The van der Waals surface area contributed by atoms with E-state index in [0.717, 1.165) is 19.3 Å². The number of carboxylic acids is 2. The van der Waals surface area contributed by atoms with Gasteiger partial charge in [-0.3, -0.25) is 14.4 Å². The number of carbonyl (C=O) groups is 4. The first-order valence-corrected chi connectivity index (χ1v) is 12.7. The SMILES string of the molecule is CC(=O)Nc1ccc(C=O)cc1.COc1ccc(C(=O)O)cc1.NCCC[C@H](N)C(=O)O.NCCc1ccccc1. The summed E-state index contributed by atoms with van der Waals surface area (Å²) in [5.41, 5.74) is 18.5. The predicted molar refractivity (Wildman–Crippen MR) is 159 cm³/mol. The molecule has 0 bridgehead atoms. The Morgan fingerprint density at radius 3 is 1.90 bits per heavy atom. The molecule has 0 unspecified atom stereocenters. The molecule has 11 heteroatoms. The van der Waals surface area contributed by atoms with Gasteiger partial charge in [0, 0.05) is 18.2 Å². The number of benzene rings is 3. The lowest BCUT2D eigenvalue weighted by atomic mass is 10.2. The van der Waals surface area contributed by atoms with Crippen LogP contribution in [-0.2, 0) is 16.0 Å². The highest BCUT2D eigenvalue weighted by Gasteiger charge is 2.08.